The van der Waals surface area contributed by atoms with Crippen molar-refractivity contribution in [3.63, 3.8) is 0 Å². The van der Waals surface area contributed by atoms with Crippen molar-refractivity contribution in [2.75, 3.05) is 0 Å². The molecule has 25 heavy (non-hydrogen) atoms. The molecule has 0 spiro atoms. The summed E-state index contributed by atoms with van der Waals surface area (Å²) in [4.78, 5) is 2.41. The summed E-state index contributed by atoms with van der Waals surface area (Å²) in [6, 6.07) is 12.5. The van der Waals surface area contributed by atoms with Gasteiger partial charge in [-0.2, -0.15) is 0 Å². The summed E-state index contributed by atoms with van der Waals surface area (Å²) in [5, 5.41) is 0. The molecule has 0 radical (unpaired) electrons. The Labute approximate surface area is 145 Å². The quantitative estimate of drug-likeness (QED) is 0.682. The Kier molecular flexibility index (Phi) is 4.38. The lowest BCUT2D eigenvalue weighted by molar-refractivity contribution is 0.0949. The van der Waals surface area contributed by atoms with Crippen LogP contribution < -0.4 is 0 Å². The molecule has 0 aromatic heterocycles. The fraction of sp³-hybridized carbons (Fsp3) is 0.333. The SMILES string of the molecule is Fc1ccc(F)c(C2=CC3CCCC(C2)N3Cc2ccccc2)c1F. The molecule has 130 valence electrons. The molecule has 2 bridgehead atoms. The number of nitrogens with zero attached hydrogens (tertiary/aromatic N) is 1. The van der Waals surface area contributed by atoms with Crippen LogP contribution in [-0.4, -0.2) is 17.0 Å². The summed E-state index contributed by atoms with van der Waals surface area (Å²) in [5.74, 6) is -2.74. The van der Waals surface area contributed by atoms with Crippen molar-refractivity contribution in [2.24, 2.45) is 0 Å². The number of halogens is 3. The van der Waals surface area contributed by atoms with Crippen molar-refractivity contribution in [2.45, 2.75) is 44.3 Å². The minimum absolute atomic E-state index is 0.143. The van der Waals surface area contributed by atoms with Crippen LogP contribution in [0.4, 0.5) is 13.2 Å². The van der Waals surface area contributed by atoms with Gasteiger partial charge in [0.15, 0.2) is 11.6 Å². The van der Waals surface area contributed by atoms with Gasteiger partial charge in [-0.15, -0.1) is 0 Å². The molecule has 0 N–H and O–H groups in total. The van der Waals surface area contributed by atoms with Crippen molar-refractivity contribution < 1.29 is 13.2 Å². The highest BCUT2D eigenvalue weighted by Crippen LogP contribution is 2.39. The van der Waals surface area contributed by atoms with Crippen LogP contribution in [0.5, 0.6) is 0 Å². The van der Waals surface area contributed by atoms with E-state index in [1.807, 2.05) is 24.3 Å². The van der Waals surface area contributed by atoms with Gasteiger partial charge in [-0.3, -0.25) is 4.90 Å². The average molecular weight is 343 g/mol. The first-order valence-corrected chi connectivity index (χ1v) is 8.77. The fourth-order valence-electron chi connectivity index (χ4n) is 4.16. The molecule has 0 amide bonds. The molecule has 1 saturated heterocycles. The number of fused-ring (bicyclic) bond motifs is 2. The van der Waals surface area contributed by atoms with Crippen LogP contribution in [-0.2, 0) is 6.54 Å². The second kappa shape index (κ2) is 6.68. The third-order valence-corrected chi connectivity index (χ3v) is 5.35. The van der Waals surface area contributed by atoms with Gasteiger partial charge in [0.1, 0.15) is 5.82 Å². The van der Waals surface area contributed by atoms with Crippen LogP contribution in [0, 0.1) is 17.5 Å². The summed E-state index contributed by atoms with van der Waals surface area (Å²) < 4.78 is 42.0. The zero-order valence-corrected chi connectivity index (χ0v) is 13.9. The van der Waals surface area contributed by atoms with Gasteiger partial charge in [0.2, 0.25) is 0 Å². The van der Waals surface area contributed by atoms with E-state index in [1.165, 1.54) is 5.56 Å². The van der Waals surface area contributed by atoms with E-state index in [9.17, 15) is 13.2 Å². The monoisotopic (exact) mass is 343 g/mol. The Morgan fingerprint density at radius 1 is 0.920 bits per heavy atom. The predicted molar refractivity (Wildman–Crippen MR) is 92.3 cm³/mol. The Bertz CT molecular complexity index is 800. The van der Waals surface area contributed by atoms with Crippen LogP contribution in [0.15, 0.2) is 48.5 Å². The van der Waals surface area contributed by atoms with E-state index < -0.39 is 17.5 Å². The third kappa shape index (κ3) is 3.11. The average Bonchev–Trinajstić information content (AvgIpc) is 2.60. The lowest BCUT2D eigenvalue weighted by atomic mass is 9.82. The number of hydrogen-bond donors (Lipinski definition) is 0. The largest absolute Gasteiger partial charge is 0.289 e. The smallest absolute Gasteiger partial charge is 0.169 e. The van der Waals surface area contributed by atoms with Crippen molar-refractivity contribution in [3.8, 4) is 0 Å². The first kappa shape index (κ1) is 16.4. The first-order valence-electron chi connectivity index (χ1n) is 8.77. The van der Waals surface area contributed by atoms with E-state index >= 15 is 0 Å². The number of rotatable bonds is 3. The van der Waals surface area contributed by atoms with Crippen molar-refractivity contribution in [1.29, 1.82) is 0 Å². The normalized spacial score (nSPS) is 23.4. The molecule has 0 saturated carbocycles. The highest BCUT2D eigenvalue weighted by molar-refractivity contribution is 5.69. The van der Waals surface area contributed by atoms with Crippen molar-refractivity contribution in [1.82, 2.24) is 4.90 Å². The summed E-state index contributed by atoms with van der Waals surface area (Å²) in [7, 11) is 0. The standard InChI is InChI=1S/C21H20F3N/c22-18-9-10-19(23)21(24)20(18)15-11-16-7-4-8-17(12-15)25(16)13-14-5-2-1-3-6-14/h1-3,5-6,9-11,16-17H,4,7-8,12-13H2. The Morgan fingerprint density at radius 2 is 1.68 bits per heavy atom. The van der Waals surface area contributed by atoms with Crippen LogP contribution in [0.25, 0.3) is 5.57 Å². The topological polar surface area (TPSA) is 3.24 Å². The van der Waals surface area contributed by atoms with Crippen LogP contribution in [0.1, 0.15) is 36.8 Å². The molecule has 1 nitrogen and oxygen atoms in total. The Hall–Kier alpha value is -2.07. The maximum Gasteiger partial charge on any atom is 0.169 e. The van der Waals surface area contributed by atoms with E-state index in [2.05, 4.69) is 17.0 Å². The van der Waals surface area contributed by atoms with Gasteiger partial charge in [0.25, 0.3) is 0 Å². The van der Waals surface area contributed by atoms with Gasteiger partial charge < -0.3 is 0 Å². The molecule has 1 fully saturated rings. The zero-order chi connectivity index (χ0) is 17.4. The van der Waals surface area contributed by atoms with Gasteiger partial charge in [0.05, 0.1) is 5.56 Å². The number of hydrogen-bond acceptors (Lipinski definition) is 1. The van der Waals surface area contributed by atoms with E-state index in [0.29, 0.717) is 12.0 Å². The van der Waals surface area contributed by atoms with E-state index in [1.54, 1.807) is 0 Å². The third-order valence-electron chi connectivity index (χ3n) is 5.35. The van der Waals surface area contributed by atoms with Crippen LogP contribution >= 0.6 is 0 Å². The van der Waals surface area contributed by atoms with Gasteiger partial charge in [-0.05, 0) is 42.5 Å². The van der Waals surface area contributed by atoms with Gasteiger partial charge in [-0.25, -0.2) is 13.2 Å². The summed E-state index contributed by atoms with van der Waals surface area (Å²) in [5.41, 5.74) is 1.66. The molecule has 4 rings (SSSR count). The minimum Gasteiger partial charge on any atom is -0.289 e. The maximum atomic E-state index is 14.2. The predicted octanol–water partition coefficient (Wildman–Crippen LogP) is 5.31. The molecule has 2 unspecified atom stereocenters. The first-order chi connectivity index (χ1) is 12.1. The molecule has 0 aliphatic carbocycles. The van der Waals surface area contributed by atoms with Gasteiger partial charge in [-0.1, -0.05) is 42.8 Å². The highest BCUT2D eigenvalue weighted by atomic mass is 19.2. The van der Waals surface area contributed by atoms with E-state index in [0.717, 1.165) is 37.9 Å². The zero-order valence-electron chi connectivity index (χ0n) is 13.9. The Balaban J connectivity index is 1.67. The molecule has 2 heterocycles. The molecule has 2 aliphatic heterocycles. The maximum absolute atomic E-state index is 14.2. The van der Waals surface area contributed by atoms with Crippen LogP contribution in [0.3, 0.4) is 0 Å². The number of piperidine rings is 1. The molecule has 4 heteroatoms. The lowest BCUT2D eigenvalue weighted by Gasteiger charge is -2.45. The molecular formula is C21H20F3N. The molecular weight excluding hydrogens is 323 g/mol. The second-order valence-electron chi connectivity index (χ2n) is 6.92. The molecule has 2 aromatic rings. The molecule has 2 aliphatic rings. The lowest BCUT2D eigenvalue weighted by Crippen LogP contribution is -2.47. The van der Waals surface area contributed by atoms with E-state index in [4.69, 9.17) is 0 Å². The van der Waals surface area contributed by atoms with E-state index in [-0.39, 0.29) is 17.6 Å². The second-order valence-corrected chi connectivity index (χ2v) is 6.92. The summed E-state index contributed by atoms with van der Waals surface area (Å²) >= 11 is 0. The van der Waals surface area contributed by atoms with Gasteiger partial charge in [0, 0.05) is 18.6 Å². The summed E-state index contributed by atoms with van der Waals surface area (Å²) in [6.07, 6.45) is 5.57. The Morgan fingerprint density at radius 3 is 2.44 bits per heavy atom. The van der Waals surface area contributed by atoms with Gasteiger partial charge >= 0.3 is 0 Å². The molecule has 2 aromatic carbocycles. The van der Waals surface area contributed by atoms with Crippen LogP contribution in [0.2, 0.25) is 0 Å². The minimum atomic E-state index is -1.07. The van der Waals surface area contributed by atoms with Crippen molar-refractivity contribution in [3.05, 3.63) is 77.1 Å². The van der Waals surface area contributed by atoms with Crippen molar-refractivity contribution >= 4 is 5.57 Å². The number of benzene rings is 2. The summed E-state index contributed by atoms with van der Waals surface area (Å²) in [6.45, 7) is 0.827. The molecule has 2 atom stereocenters. The fourth-order valence-corrected chi connectivity index (χ4v) is 4.16. The highest BCUT2D eigenvalue weighted by Gasteiger charge is 2.35.